The second-order valence-corrected chi connectivity index (χ2v) is 6.64. The number of para-hydroxylation sites is 1. The molecule has 8 heteroatoms. The van der Waals surface area contributed by atoms with Crippen molar-refractivity contribution in [1.29, 1.82) is 0 Å². The molecule has 0 aliphatic carbocycles. The lowest BCUT2D eigenvalue weighted by Gasteiger charge is -2.23. The van der Waals surface area contributed by atoms with Crippen molar-refractivity contribution >= 4 is 24.2 Å². The second kappa shape index (κ2) is 6.80. The molecule has 3 N–H and O–H groups in total. The first-order valence-electron chi connectivity index (χ1n) is 8.52. The lowest BCUT2D eigenvalue weighted by atomic mass is 9.88. The summed E-state index contributed by atoms with van der Waals surface area (Å²) >= 11 is 0. The van der Waals surface area contributed by atoms with Crippen molar-refractivity contribution < 1.29 is 28.7 Å². The quantitative estimate of drug-likeness (QED) is 0.533. The van der Waals surface area contributed by atoms with Gasteiger partial charge in [-0.15, -0.1) is 0 Å². The Morgan fingerprint density at radius 2 is 2.20 bits per heavy atom. The zero-order valence-corrected chi connectivity index (χ0v) is 13.6. The highest BCUT2D eigenvalue weighted by Gasteiger charge is 2.44. The summed E-state index contributed by atoms with van der Waals surface area (Å²) in [6, 6.07) is 7.52. The molecule has 0 radical (unpaired) electrons. The number of amides is 1. The Morgan fingerprint density at radius 3 is 2.92 bits per heavy atom. The number of hydrogen-bond donors (Lipinski definition) is 3. The van der Waals surface area contributed by atoms with Crippen LogP contribution < -0.4 is 5.32 Å². The van der Waals surface area contributed by atoms with Gasteiger partial charge in [0.2, 0.25) is 5.91 Å². The first-order chi connectivity index (χ1) is 12.1. The summed E-state index contributed by atoms with van der Waals surface area (Å²) in [5.74, 6) is -0.382. The van der Waals surface area contributed by atoms with Gasteiger partial charge in [0, 0.05) is 17.4 Å². The molecule has 2 bridgehead atoms. The number of hydrogen-bond acceptors (Lipinski definition) is 6. The Bertz CT molecular complexity index is 762. The Labute approximate surface area is 145 Å². The maximum absolute atomic E-state index is 12.6. The largest absolute Gasteiger partial charge is 0.635 e. The van der Waals surface area contributed by atoms with Crippen LogP contribution >= 0.6 is 0 Å². The van der Waals surface area contributed by atoms with E-state index >= 15 is 0 Å². The standard InChI is InChI=1S/C17H20BNO6/c20-17(13-8-11-5-6-15(13)24-11)19-16(25-18(21)22)7-10-9-23-14-4-2-1-3-12(10)14/h1-4,9,11,13,15-16,21-22H,5-8H2,(H,19,20)/t11-,13-,15+,16+/m0/s1. The fourth-order valence-electron chi connectivity index (χ4n) is 3.85. The zero-order chi connectivity index (χ0) is 17.4. The number of benzene rings is 1. The molecular formula is C17H20BNO6. The van der Waals surface area contributed by atoms with E-state index in [1.54, 1.807) is 6.26 Å². The summed E-state index contributed by atoms with van der Waals surface area (Å²) in [5, 5.41) is 22.0. The maximum atomic E-state index is 12.6. The molecule has 2 aliphatic heterocycles. The SMILES string of the molecule is O=C(N[C@@H](Cc1coc2ccccc12)OB(O)O)[C@H]1C[C@@H]2CC[C@H]1O2. The van der Waals surface area contributed by atoms with E-state index in [-0.39, 0.29) is 30.5 Å². The van der Waals surface area contributed by atoms with Crippen LogP contribution in [-0.2, 0) is 20.6 Å². The molecule has 4 rings (SSSR count). The summed E-state index contributed by atoms with van der Waals surface area (Å²) in [6.07, 6.45) is 3.72. The fourth-order valence-corrected chi connectivity index (χ4v) is 3.85. The van der Waals surface area contributed by atoms with Crippen LogP contribution in [0.15, 0.2) is 34.9 Å². The van der Waals surface area contributed by atoms with Crippen LogP contribution in [0.5, 0.6) is 0 Å². The van der Waals surface area contributed by atoms with Crippen molar-refractivity contribution in [1.82, 2.24) is 5.32 Å². The van der Waals surface area contributed by atoms with Gasteiger partial charge < -0.3 is 29.2 Å². The highest BCUT2D eigenvalue weighted by molar-refractivity contribution is 6.32. The summed E-state index contributed by atoms with van der Waals surface area (Å²) in [7, 11) is -1.97. The van der Waals surface area contributed by atoms with Crippen molar-refractivity contribution in [3.05, 3.63) is 36.1 Å². The van der Waals surface area contributed by atoms with Crippen LogP contribution in [-0.4, -0.2) is 41.7 Å². The zero-order valence-electron chi connectivity index (χ0n) is 13.6. The average Bonchev–Trinajstić information content (AvgIpc) is 3.30. The van der Waals surface area contributed by atoms with Gasteiger partial charge in [-0.2, -0.15) is 0 Å². The third kappa shape index (κ3) is 3.43. The first-order valence-corrected chi connectivity index (χ1v) is 8.52. The van der Waals surface area contributed by atoms with E-state index in [2.05, 4.69) is 5.32 Å². The fraction of sp³-hybridized carbons (Fsp3) is 0.471. The highest BCUT2D eigenvalue weighted by Crippen LogP contribution is 2.38. The van der Waals surface area contributed by atoms with E-state index in [9.17, 15) is 14.8 Å². The third-order valence-corrected chi connectivity index (χ3v) is 5.00. The highest BCUT2D eigenvalue weighted by atomic mass is 16.6. The van der Waals surface area contributed by atoms with Crippen molar-refractivity contribution in [2.75, 3.05) is 0 Å². The molecule has 0 saturated carbocycles. The Morgan fingerprint density at radius 1 is 1.36 bits per heavy atom. The Hall–Kier alpha value is -1.87. The smallest absolute Gasteiger partial charge is 0.464 e. The van der Waals surface area contributed by atoms with Crippen molar-refractivity contribution in [2.45, 2.75) is 44.1 Å². The minimum absolute atomic E-state index is 0.0422. The topological polar surface area (TPSA) is 101 Å². The summed E-state index contributed by atoms with van der Waals surface area (Å²) < 4.78 is 16.3. The molecule has 25 heavy (non-hydrogen) atoms. The Balaban J connectivity index is 1.47. The summed E-state index contributed by atoms with van der Waals surface area (Å²) in [5.41, 5.74) is 1.55. The molecule has 2 aliphatic rings. The number of ether oxygens (including phenoxy) is 1. The number of fused-ring (bicyclic) bond motifs is 3. The molecule has 4 atom stereocenters. The molecule has 132 valence electrons. The van der Waals surface area contributed by atoms with Gasteiger partial charge >= 0.3 is 7.32 Å². The minimum Gasteiger partial charge on any atom is -0.464 e. The van der Waals surface area contributed by atoms with Crippen molar-refractivity contribution in [3.8, 4) is 0 Å². The van der Waals surface area contributed by atoms with Gasteiger partial charge in [0.1, 0.15) is 11.8 Å². The van der Waals surface area contributed by atoms with E-state index in [0.717, 1.165) is 29.4 Å². The number of carbonyl (C=O) groups excluding carboxylic acids is 1. The second-order valence-electron chi connectivity index (χ2n) is 6.64. The first kappa shape index (κ1) is 16.6. The predicted molar refractivity (Wildman–Crippen MR) is 89.1 cm³/mol. The van der Waals surface area contributed by atoms with Crippen LogP contribution in [0.2, 0.25) is 0 Å². The molecule has 0 unspecified atom stereocenters. The summed E-state index contributed by atoms with van der Waals surface area (Å²) in [4.78, 5) is 12.6. The molecule has 1 aromatic carbocycles. The van der Waals surface area contributed by atoms with E-state index in [0.29, 0.717) is 6.42 Å². The number of rotatable bonds is 6. The molecule has 1 amide bonds. The van der Waals surface area contributed by atoms with Gasteiger partial charge in [-0.3, -0.25) is 4.79 Å². The van der Waals surface area contributed by atoms with E-state index < -0.39 is 13.5 Å². The van der Waals surface area contributed by atoms with E-state index in [1.807, 2.05) is 24.3 Å². The number of nitrogens with one attached hydrogen (secondary N) is 1. The van der Waals surface area contributed by atoms with Crippen LogP contribution in [0.1, 0.15) is 24.8 Å². The van der Waals surface area contributed by atoms with Crippen LogP contribution in [0.25, 0.3) is 11.0 Å². The van der Waals surface area contributed by atoms with Gasteiger partial charge in [0.05, 0.1) is 24.4 Å². The van der Waals surface area contributed by atoms with Gasteiger partial charge in [0.15, 0.2) is 0 Å². The lowest BCUT2D eigenvalue weighted by Crippen LogP contribution is -2.46. The molecule has 7 nitrogen and oxygen atoms in total. The average molecular weight is 345 g/mol. The van der Waals surface area contributed by atoms with Gasteiger partial charge in [-0.1, -0.05) is 18.2 Å². The lowest BCUT2D eigenvalue weighted by molar-refractivity contribution is -0.129. The van der Waals surface area contributed by atoms with Crippen molar-refractivity contribution in [2.24, 2.45) is 5.92 Å². The molecule has 3 heterocycles. The normalized spacial score (nSPS) is 26.1. The monoisotopic (exact) mass is 345 g/mol. The number of furan rings is 1. The van der Waals surface area contributed by atoms with Gasteiger partial charge in [0.25, 0.3) is 0 Å². The molecular weight excluding hydrogens is 325 g/mol. The van der Waals surface area contributed by atoms with E-state index in [4.69, 9.17) is 13.8 Å². The van der Waals surface area contributed by atoms with E-state index in [1.165, 1.54) is 0 Å². The van der Waals surface area contributed by atoms with Crippen molar-refractivity contribution in [3.63, 3.8) is 0 Å². The van der Waals surface area contributed by atoms with Crippen LogP contribution in [0.4, 0.5) is 0 Å². The number of carbonyl (C=O) groups is 1. The molecule has 0 spiro atoms. The van der Waals surface area contributed by atoms with Crippen LogP contribution in [0, 0.1) is 5.92 Å². The summed E-state index contributed by atoms with van der Waals surface area (Å²) in [6.45, 7) is 0. The van der Waals surface area contributed by atoms with Crippen LogP contribution in [0.3, 0.4) is 0 Å². The molecule has 2 aromatic rings. The minimum atomic E-state index is -1.97. The Kier molecular flexibility index (Phi) is 4.51. The molecule has 2 fully saturated rings. The molecule has 1 aromatic heterocycles. The van der Waals surface area contributed by atoms with Gasteiger partial charge in [-0.25, -0.2) is 0 Å². The predicted octanol–water partition coefficient (Wildman–Crippen LogP) is 0.971. The van der Waals surface area contributed by atoms with Gasteiger partial charge in [-0.05, 0) is 25.3 Å². The molecule has 2 saturated heterocycles. The maximum Gasteiger partial charge on any atom is 0.635 e. The third-order valence-electron chi connectivity index (χ3n) is 5.00.